The van der Waals surface area contributed by atoms with Gasteiger partial charge in [-0.2, -0.15) is 0 Å². The number of fused-ring (bicyclic) bond motifs is 5. The van der Waals surface area contributed by atoms with E-state index in [2.05, 4.69) is 26.9 Å². The Morgan fingerprint density at radius 3 is 2.48 bits per heavy atom. The largest absolute Gasteiger partial charge is 0.411 e. The molecule has 4 fully saturated rings. The number of rotatable bonds is 3. The first kappa shape index (κ1) is 20.7. The molecule has 0 aromatic rings. The van der Waals surface area contributed by atoms with Crippen LogP contribution in [0.25, 0.3) is 0 Å². The Labute approximate surface area is 176 Å². The Hall–Kier alpha value is 0.427. The van der Waals surface area contributed by atoms with Gasteiger partial charge in [-0.15, -0.1) is 23.2 Å². The number of hydrogen-bond acceptors (Lipinski definition) is 2. The van der Waals surface area contributed by atoms with Crippen LogP contribution in [0.3, 0.4) is 0 Å². The van der Waals surface area contributed by atoms with Gasteiger partial charge < -0.3 is 4.43 Å². The van der Waals surface area contributed by atoms with E-state index >= 15 is 0 Å². The lowest BCUT2D eigenvalue weighted by Gasteiger charge is -2.62. The van der Waals surface area contributed by atoms with Crippen LogP contribution in [0.15, 0.2) is 0 Å². The van der Waals surface area contributed by atoms with Crippen molar-refractivity contribution in [1.29, 1.82) is 0 Å². The lowest BCUT2D eigenvalue weighted by molar-refractivity contribution is -0.159. The Balaban J connectivity index is 1.65. The van der Waals surface area contributed by atoms with Crippen molar-refractivity contribution in [2.45, 2.75) is 95.3 Å². The zero-order chi connectivity index (χ0) is 19.6. The lowest BCUT2D eigenvalue weighted by atomic mass is 9.44. The first-order valence-corrected chi connectivity index (χ1v) is 15.0. The van der Waals surface area contributed by atoms with Crippen LogP contribution < -0.4 is 0 Å². The van der Waals surface area contributed by atoms with Gasteiger partial charge in [0.25, 0.3) is 0 Å². The highest BCUT2D eigenvalue weighted by molar-refractivity contribution is 6.88. The molecule has 0 N–H and O–H groups in total. The van der Waals surface area contributed by atoms with E-state index in [1.54, 1.807) is 0 Å². The number of carbonyl (C=O) groups excluding carboxylic acids is 1. The van der Waals surface area contributed by atoms with Crippen molar-refractivity contribution in [3.8, 4) is 0 Å². The van der Waals surface area contributed by atoms with Gasteiger partial charge in [0.1, 0.15) is 10.2 Å². The Kier molecular flexibility index (Phi) is 5.36. The maximum Gasteiger partial charge on any atom is 0.220 e. The van der Waals surface area contributed by atoms with Crippen LogP contribution in [0.4, 0.5) is 0 Å². The molecule has 0 bridgehead atoms. The molecule has 154 valence electrons. The fraction of sp³-hybridized carbons (Fsp3) is 0.955. The van der Waals surface area contributed by atoms with Crippen molar-refractivity contribution in [2.24, 2.45) is 34.5 Å². The van der Waals surface area contributed by atoms with Gasteiger partial charge in [-0.3, -0.25) is 4.79 Å². The molecule has 0 radical (unpaired) electrons. The van der Waals surface area contributed by atoms with Gasteiger partial charge in [0.2, 0.25) is 8.32 Å². The van der Waals surface area contributed by atoms with E-state index in [9.17, 15) is 4.79 Å². The summed E-state index contributed by atoms with van der Waals surface area (Å²) in [7, 11) is -2.12. The summed E-state index contributed by atoms with van der Waals surface area (Å²) in [6.45, 7) is 9.13. The molecule has 5 heteroatoms. The zero-order valence-corrected chi connectivity index (χ0v) is 19.9. The summed E-state index contributed by atoms with van der Waals surface area (Å²) >= 11 is 12.6. The average molecular weight is 432 g/mol. The van der Waals surface area contributed by atoms with Gasteiger partial charge in [-0.05, 0) is 87.1 Å². The van der Waals surface area contributed by atoms with Gasteiger partial charge >= 0.3 is 0 Å². The molecule has 0 spiro atoms. The van der Waals surface area contributed by atoms with Gasteiger partial charge in [0, 0.05) is 11.8 Å². The second kappa shape index (κ2) is 6.99. The maximum absolute atomic E-state index is 12.6. The number of alkyl halides is 2. The summed E-state index contributed by atoms with van der Waals surface area (Å²) < 4.78 is 6.44. The summed E-state index contributed by atoms with van der Waals surface area (Å²) in [6, 6.07) is 0. The first-order chi connectivity index (χ1) is 12.6. The first-order valence-electron chi connectivity index (χ1n) is 11.1. The summed E-state index contributed by atoms with van der Waals surface area (Å²) in [6.07, 6.45) is 10.9. The van der Waals surface area contributed by atoms with Gasteiger partial charge in [0.15, 0.2) is 0 Å². The number of hydrogen-bond donors (Lipinski definition) is 0. The zero-order valence-electron chi connectivity index (χ0n) is 17.4. The van der Waals surface area contributed by atoms with Gasteiger partial charge in [-0.1, -0.05) is 20.3 Å². The molecule has 0 aromatic carbocycles. The SMILES string of the molecule is C[C@]12C(O[Si](C)(C)C(Cl)Cl)CCC[C@@H]1CC[C@@H]1[C@@H]2CC[C@]2(C)C(=O)CC[C@@H]12. The molecule has 4 saturated carbocycles. The number of ketones is 1. The summed E-state index contributed by atoms with van der Waals surface area (Å²) in [5, 5.41) is 0. The van der Waals surface area contributed by atoms with Crippen LogP contribution in [0.1, 0.15) is 71.6 Å². The molecule has 0 heterocycles. The van der Waals surface area contributed by atoms with Crippen molar-refractivity contribution in [1.82, 2.24) is 0 Å². The quantitative estimate of drug-likeness (QED) is 0.375. The standard InChI is InChI=1S/C22H36Cl2O2Si/c1-21-13-12-17-15(16(21)10-11-18(21)25)9-8-14-6-5-7-19(22(14,17)2)26-27(3,4)20(23)24/h14-17,19-20H,5-13H2,1-4H3/t14-,15+,16+,17+,19?,21+,22+/m1/s1. The summed E-state index contributed by atoms with van der Waals surface area (Å²) in [4.78, 5) is 12.6. The second-order valence-corrected chi connectivity index (χ2v) is 16.7. The fourth-order valence-corrected chi connectivity index (χ4v) is 9.18. The van der Waals surface area contributed by atoms with Gasteiger partial charge in [0.05, 0.1) is 6.10 Å². The minimum Gasteiger partial charge on any atom is -0.411 e. The minimum atomic E-state index is -2.12. The van der Waals surface area contributed by atoms with Crippen molar-refractivity contribution in [2.75, 3.05) is 0 Å². The van der Waals surface area contributed by atoms with E-state index in [1.165, 1.54) is 32.1 Å². The average Bonchev–Trinajstić information content (AvgIpc) is 2.90. The van der Waals surface area contributed by atoms with E-state index in [4.69, 9.17) is 27.6 Å². The normalized spacial score (nSPS) is 47.5. The van der Waals surface area contributed by atoms with Crippen molar-refractivity contribution >= 4 is 37.3 Å². The Bertz CT molecular complexity index is 609. The molecule has 4 aliphatic rings. The predicted molar refractivity (Wildman–Crippen MR) is 115 cm³/mol. The summed E-state index contributed by atoms with van der Waals surface area (Å²) in [5.41, 5.74) is 0.182. The molecule has 2 nitrogen and oxygen atoms in total. The third kappa shape index (κ3) is 3.09. The second-order valence-electron chi connectivity index (χ2n) is 10.9. The molecule has 4 aliphatic carbocycles. The van der Waals surface area contributed by atoms with Crippen molar-refractivity contribution in [3.63, 3.8) is 0 Å². The van der Waals surface area contributed by atoms with Crippen LogP contribution >= 0.6 is 23.2 Å². The van der Waals surface area contributed by atoms with E-state index in [0.717, 1.165) is 31.6 Å². The van der Waals surface area contributed by atoms with E-state index in [1.807, 2.05) is 0 Å². The molecule has 7 atom stereocenters. The highest BCUT2D eigenvalue weighted by Gasteiger charge is 2.62. The lowest BCUT2D eigenvalue weighted by Crippen LogP contribution is -2.60. The molecular weight excluding hydrogens is 395 g/mol. The molecule has 4 rings (SSSR count). The van der Waals surface area contributed by atoms with E-state index in [-0.39, 0.29) is 21.4 Å². The van der Waals surface area contributed by atoms with Crippen molar-refractivity contribution < 1.29 is 9.22 Å². The van der Waals surface area contributed by atoms with Gasteiger partial charge in [-0.25, -0.2) is 0 Å². The van der Waals surface area contributed by atoms with Crippen LogP contribution in [0.5, 0.6) is 0 Å². The highest BCUT2D eigenvalue weighted by atomic mass is 35.5. The monoisotopic (exact) mass is 430 g/mol. The van der Waals surface area contributed by atoms with Crippen LogP contribution in [0.2, 0.25) is 13.1 Å². The smallest absolute Gasteiger partial charge is 0.220 e. The molecule has 0 aromatic heterocycles. The Morgan fingerprint density at radius 2 is 1.78 bits per heavy atom. The third-order valence-electron chi connectivity index (χ3n) is 9.36. The number of Topliss-reactive ketones (excluding diaryl/α,β-unsaturated/α-hetero) is 1. The molecule has 0 aliphatic heterocycles. The molecule has 0 amide bonds. The third-order valence-corrected chi connectivity index (χ3v) is 14.5. The van der Waals surface area contributed by atoms with Crippen LogP contribution in [-0.4, -0.2) is 24.7 Å². The maximum atomic E-state index is 12.6. The fourth-order valence-electron chi connectivity index (χ4n) is 7.66. The van der Waals surface area contributed by atoms with Crippen LogP contribution in [0, 0.1) is 34.5 Å². The van der Waals surface area contributed by atoms with Crippen LogP contribution in [-0.2, 0) is 9.22 Å². The molecule has 27 heavy (non-hydrogen) atoms. The topological polar surface area (TPSA) is 26.3 Å². The van der Waals surface area contributed by atoms with E-state index in [0.29, 0.717) is 23.5 Å². The predicted octanol–water partition coefficient (Wildman–Crippen LogP) is 6.53. The minimum absolute atomic E-state index is 0.0409. The highest BCUT2D eigenvalue weighted by Crippen LogP contribution is 2.66. The number of carbonyl (C=O) groups is 1. The Morgan fingerprint density at radius 1 is 1.04 bits per heavy atom. The molecule has 0 saturated heterocycles. The summed E-state index contributed by atoms with van der Waals surface area (Å²) in [5.74, 6) is 3.29. The molecule has 1 unspecified atom stereocenters. The molecular formula is C22H36Cl2O2Si. The van der Waals surface area contributed by atoms with E-state index < -0.39 is 8.32 Å². The van der Waals surface area contributed by atoms with Crippen molar-refractivity contribution in [3.05, 3.63) is 0 Å². The number of halogens is 2.